The maximum Gasteiger partial charge on any atom is 0.243 e. The van der Waals surface area contributed by atoms with Crippen molar-refractivity contribution in [3.8, 4) is 6.07 Å². The largest absolute Gasteiger partial charge is 0.381 e. The highest BCUT2D eigenvalue weighted by Crippen LogP contribution is 2.32. The van der Waals surface area contributed by atoms with E-state index in [9.17, 15) is 10.1 Å². The molecule has 1 rings (SSSR count). The zero-order chi connectivity index (χ0) is 13.6. The zero-order valence-corrected chi connectivity index (χ0v) is 12.3. The Morgan fingerprint density at radius 2 is 2.17 bits per heavy atom. The minimum atomic E-state index is -0.862. The van der Waals surface area contributed by atoms with Crippen molar-refractivity contribution in [2.45, 2.75) is 32.2 Å². The first-order valence-corrected chi connectivity index (χ1v) is 7.76. The van der Waals surface area contributed by atoms with Gasteiger partial charge in [-0.25, -0.2) is 0 Å². The van der Waals surface area contributed by atoms with Gasteiger partial charge < -0.3 is 9.64 Å². The molecule has 1 aliphatic rings. The van der Waals surface area contributed by atoms with E-state index in [1.54, 1.807) is 16.7 Å². The van der Waals surface area contributed by atoms with E-state index in [-0.39, 0.29) is 11.9 Å². The Bertz CT molecular complexity index is 321. The van der Waals surface area contributed by atoms with Crippen molar-refractivity contribution < 1.29 is 9.53 Å². The van der Waals surface area contributed by atoms with E-state index in [0.29, 0.717) is 26.1 Å². The van der Waals surface area contributed by atoms with Gasteiger partial charge in [-0.15, -0.1) is 0 Å². The van der Waals surface area contributed by atoms with Crippen molar-refractivity contribution in [2.24, 2.45) is 5.41 Å². The van der Waals surface area contributed by atoms with Gasteiger partial charge in [-0.1, -0.05) is 6.92 Å². The summed E-state index contributed by atoms with van der Waals surface area (Å²) in [6.45, 7) is 3.09. The molecule has 0 radical (unpaired) electrons. The third kappa shape index (κ3) is 3.18. The Morgan fingerprint density at radius 1 is 1.56 bits per heavy atom. The Balaban J connectivity index is 2.80. The quantitative estimate of drug-likeness (QED) is 0.765. The van der Waals surface area contributed by atoms with Crippen molar-refractivity contribution >= 4 is 17.7 Å². The molecular formula is C13H22N2O2S. The fraction of sp³-hybridized carbons (Fsp3) is 0.846. The monoisotopic (exact) mass is 270 g/mol. The molecule has 1 heterocycles. The number of amides is 1. The number of ether oxygens (including phenoxy) is 1. The van der Waals surface area contributed by atoms with E-state index in [1.165, 1.54) is 0 Å². The summed E-state index contributed by atoms with van der Waals surface area (Å²) in [6, 6.07) is 2.45. The molecule has 1 saturated heterocycles. The number of hydrogen-bond donors (Lipinski definition) is 0. The average Bonchev–Trinajstić information content (AvgIpc) is 2.43. The van der Waals surface area contributed by atoms with Gasteiger partial charge in [0.15, 0.2) is 0 Å². The lowest BCUT2D eigenvalue weighted by atomic mass is 9.80. The average molecular weight is 270 g/mol. The van der Waals surface area contributed by atoms with Crippen molar-refractivity contribution in [1.82, 2.24) is 4.90 Å². The fourth-order valence-corrected chi connectivity index (χ4v) is 3.14. The minimum Gasteiger partial charge on any atom is -0.381 e. The van der Waals surface area contributed by atoms with Crippen molar-refractivity contribution in [2.75, 3.05) is 32.3 Å². The highest BCUT2D eigenvalue weighted by molar-refractivity contribution is 7.98. The van der Waals surface area contributed by atoms with Gasteiger partial charge in [0.1, 0.15) is 5.41 Å². The summed E-state index contributed by atoms with van der Waals surface area (Å²) in [5.41, 5.74) is -0.862. The molecule has 1 aliphatic heterocycles. The van der Waals surface area contributed by atoms with Crippen molar-refractivity contribution in [1.29, 1.82) is 5.26 Å². The molecule has 18 heavy (non-hydrogen) atoms. The van der Waals surface area contributed by atoms with Crippen LogP contribution in [0.1, 0.15) is 26.2 Å². The summed E-state index contributed by atoms with van der Waals surface area (Å²) in [5.74, 6) is 0.880. The Morgan fingerprint density at radius 3 is 2.61 bits per heavy atom. The number of carbonyl (C=O) groups excluding carboxylic acids is 1. The van der Waals surface area contributed by atoms with Gasteiger partial charge in [0.2, 0.25) is 5.91 Å². The van der Waals surface area contributed by atoms with Gasteiger partial charge in [-0.3, -0.25) is 4.79 Å². The number of carbonyl (C=O) groups is 1. The number of rotatable bonds is 5. The molecule has 0 N–H and O–H groups in total. The lowest BCUT2D eigenvalue weighted by Gasteiger charge is -2.36. The molecule has 4 nitrogen and oxygen atoms in total. The second kappa shape index (κ2) is 7.01. The van der Waals surface area contributed by atoms with E-state index in [4.69, 9.17) is 4.74 Å². The molecule has 1 amide bonds. The maximum atomic E-state index is 12.6. The van der Waals surface area contributed by atoms with Crippen LogP contribution in [0.5, 0.6) is 0 Å². The molecule has 0 bridgehead atoms. The molecule has 0 aromatic heterocycles. The standard InChI is InChI=1S/C13H22N2O2S/c1-4-11(9-18-3)15(2)12(16)13(10-14)5-7-17-8-6-13/h11H,4-9H2,1-3H3. The first-order chi connectivity index (χ1) is 8.61. The van der Waals surface area contributed by atoms with Crippen LogP contribution in [0.3, 0.4) is 0 Å². The van der Waals surface area contributed by atoms with E-state index >= 15 is 0 Å². The highest BCUT2D eigenvalue weighted by atomic mass is 32.2. The van der Waals surface area contributed by atoms with E-state index in [2.05, 4.69) is 13.0 Å². The van der Waals surface area contributed by atoms with Crippen molar-refractivity contribution in [3.05, 3.63) is 0 Å². The second-order valence-corrected chi connectivity index (χ2v) is 5.65. The SMILES string of the molecule is CCC(CSC)N(C)C(=O)C1(C#N)CCOCC1. The van der Waals surface area contributed by atoms with Crippen LogP contribution in [-0.4, -0.2) is 49.1 Å². The van der Waals surface area contributed by atoms with Gasteiger partial charge in [0.25, 0.3) is 0 Å². The third-order valence-corrected chi connectivity index (χ3v) is 4.39. The molecule has 1 fully saturated rings. The maximum absolute atomic E-state index is 12.6. The predicted molar refractivity (Wildman–Crippen MR) is 73.3 cm³/mol. The molecule has 0 spiro atoms. The van der Waals surface area contributed by atoms with Crippen LogP contribution < -0.4 is 0 Å². The molecule has 0 aliphatic carbocycles. The van der Waals surface area contributed by atoms with E-state index < -0.39 is 5.41 Å². The molecule has 1 unspecified atom stereocenters. The third-order valence-electron chi connectivity index (χ3n) is 3.67. The summed E-state index contributed by atoms with van der Waals surface area (Å²) in [7, 11) is 1.82. The lowest BCUT2D eigenvalue weighted by Crippen LogP contribution is -2.49. The Labute approximate surface area is 114 Å². The first-order valence-electron chi connectivity index (χ1n) is 6.36. The van der Waals surface area contributed by atoms with Gasteiger partial charge in [0, 0.05) is 32.1 Å². The van der Waals surface area contributed by atoms with Gasteiger partial charge >= 0.3 is 0 Å². The zero-order valence-electron chi connectivity index (χ0n) is 11.4. The lowest BCUT2D eigenvalue weighted by molar-refractivity contribution is -0.143. The smallest absolute Gasteiger partial charge is 0.243 e. The second-order valence-electron chi connectivity index (χ2n) is 4.74. The van der Waals surface area contributed by atoms with Crippen LogP contribution in [0, 0.1) is 16.7 Å². The minimum absolute atomic E-state index is 0.0331. The topological polar surface area (TPSA) is 53.3 Å². The highest BCUT2D eigenvalue weighted by Gasteiger charge is 2.43. The molecule has 5 heteroatoms. The summed E-state index contributed by atoms with van der Waals surface area (Å²) in [5, 5.41) is 9.39. The van der Waals surface area contributed by atoms with Gasteiger partial charge in [0.05, 0.1) is 6.07 Å². The summed E-state index contributed by atoms with van der Waals surface area (Å²) in [4.78, 5) is 14.3. The number of hydrogen-bond acceptors (Lipinski definition) is 4. The van der Waals surface area contributed by atoms with Gasteiger partial charge in [-0.2, -0.15) is 17.0 Å². The number of nitriles is 1. The van der Waals surface area contributed by atoms with Gasteiger partial charge in [-0.05, 0) is 25.5 Å². The Hall–Kier alpha value is -0.730. The van der Waals surface area contributed by atoms with E-state index in [1.807, 2.05) is 13.3 Å². The van der Waals surface area contributed by atoms with Crippen LogP contribution in [0.25, 0.3) is 0 Å². The van der Waals surface area contributed by atoms with E-state index in [0.717, 1.165) is 12.2 Å². The molecule has 0 saturated carbocycles. The fourth-order valence-electron chi connectivity index (χ4n) is 2.29. The van der Waals surface area contributed by atoms with Crippen LogP contribution in [0.2, 0.25) is 0 Å². The molecular weight excluding hydrogens is 248 g/mol. The predicted octanol–water partition coefficient (Wildman–Crippen LogP) is 1.91. The summed E-state index contributed by atoms with van der Waals surface area (Å²) in [6.07, 6.45) is 3.99. The molecule has 1 atom stereocenters. The summed E-state index contributed by atoms with van der Waals surface area (Å²) < 4.78 is 5.26. The molecule has 0 aromatic rings. The van der Waals surface area contributed by atoms with Crippen LogP contribution >= 0.6 is 11.8 Å². The molecule has 102 valence electrons. The van der Waals surface area contributed by atoms with Crippen LogP contribution in [0.15, 0.2) is 0 Å². The number of nitrogens with zero attached hydrogens (tertiary/aromatic N) is 2. The Kier molecular flexibility index (Phi) is 5.97. The summed E-state index contributed by atoms with van der Waals surface area (Å²) >= 11 is 1.73. The van der Waals surface area contributed by atoms with Crippen LogP contribution in [-0.2, 0) is 9.53 Å². The van der Waals surface area contributed by atoms with Crippen LogP contribution in [0.4, 0.5) is 0 Å². The van der Waals surface area contributed by atoms with Crippen molar-refractivity contribution in [3.63, 3.8) is 0 Å². The molecule has 0 aromatic carbocycles. The normalized spacial score (nSPS) is 19.9. The number of thioether (sulfide) groups is 1. The first kappa shape index (κ1) is 15.3.